The molecule has 0 spiro atoms. The van der Waals surface area contributed by atoms with Gasteiger partial charge in [0.1, 0.15) is 11.4 Å². The molecule has 0 amide bonds. The second-order valence-electron chi connectivity index (χ2n) is 5.01. The van der Waals surface area contributed by atoms with Crippen molar-refractivity contribution >= 4 is 23.0 Å². The molecular formula is C17H15ClFN3O. The molecule has 0 fully saturated rings. The van der Waals surface area contributed by atoms with Crippen LogP contribution in [-0.2, 0) is 7.05 Å². The normalized spacial score (nSPS) is 10.6. The quantitative estimate of drug-likeness (QED) is 0.757. The molecule has 0 bridgehead atoms. The van der Waals surface area contributed by atoms with E-state index in [0.29, 0.717) is 22.0 Å². The molecule has 3 rings (SSSR count). The number of rotatable bonds is 4. The Morgan fingerprint density at radius 1 is 1.13 bits per heavy atom. The zero-order valence-corrected chi connectivity index (χ0v) is 13.4. The van der Waals surface area contributed by atoms with Gasteiger partial charge in [0.2, 0.25) is 0 Å². The summed E-state index contributed by atoms with van der Waals surface area (Å²) in [6.07, 6.45) is 1.19. The Labute approximate surface area is 138 Å². The number of nitrogens with zero attached hydrogens (tertiary/aromatic N) is 2. The van der Waals surface area contributed by atoms with Gasteiger partial charge in [0.15, 0.2) is 5.82 Å². The summed E-state index contributed by atoms with van der Waals surface area (Å²) >= 11 is 5.89. The van der Waals surface area contributed by atoms with Crippen LogP contribution < -0.4 is 10.1 Å². The minimum atomic E-state index is -0.394. The largest absolute Gasteiger partial charge is 0.496 e. The predicted octanol–water partition coefficient (Wildman–Crippen LogP) is 4.63. The Kier molecular flexibility index (Phi) is 4.21. The number of ether oxygens (including phenoxy) is 1. The fraction of sp³-hybridized carbons (Fsp3) is 0.118. The molecule has 3 aromatic rings. The number of benzene rings is 2. The molecule has 1 N–H and O–H groups in total. The van der Waals surface area contributed by atoms with Crippen LogP contribution in [0.4, 0.5) is 15.8 Å². The van der Waals surface area contributed by atoms with E-state index in [1.807, 2.05) is 24.3 Å². The van der Waals surface area contributed by atoms with Crippen LogP contribution in [0.2, 0.25) is 5.02 Å². The van der Waals surface area contributed by atoms with Crippen molar-refractivity contribution in [3.63, 3.8) is 0 Å². The van der Waals surface area contributed by atoms with Gasteiger partial charge in [-0.2, -0.15) is 5.10 Å². The first-order valence-electron chi connectivity index (χ1n) is 6.97. The van der Waals surface area contributed by atoms with Crippen LogP contribution in [0.1, 0.15) is 0 Å². The van der Waals surface area contributed by atoms with E-state index in [1.165, 1.54) is 10.9 Å². The van der Waals surface area contributed by atoms with Gasteiger partial charge in [0, 0.05) is 29.0 Å². The number of methoxy groups -OCH3 is 1. The van der Waals surface area contributed by atoms with Crippen molar-refractivity contribution in [3.8, 4) is 17.0 Å². The molecule has 0 aliphatic rings. The molecular weight excluding hydrogens is 317 g/mol. The molecule has 2 aromatic carbocycles. The lowest BCUT2D eigenvalue weighted by Crippen LogP contribution is -1.99. The molecule has 0 radical (unpaired) electrons. The van der Waals surface area contributed by atoms with Crippen molar-refractivity contribution in [3.05, 3.63) is 59.5 Å². The molecule has 23 heavy (non-hydrogen) atoms. The first kappa shape index (κ1) is 15.4. The third kappa shape index (κ3) is 3.14. The second kappa shape index (κ2) is 6.30. The maximum atomic E-state index is 14.0. The van der Waals surface area contributed by atoms with Gasteiger partial charge in [-0.3, -0.25) is 4.68 Å². The third-order valence-corrected chi connectivity index (χ3v) is 3.73. The number of hydrogen-bond acceptors (Lipinski definition) is 3. The number of aromatic nitrogens is 2. The molecule has 0 saturated heterocycles. The summed E-state index contributed by atoms with van der Waals surface area (Å²) in [7, 11) is 3.25. The lowest BCUT2D eigenvalue weighted by molar-refractivity contribution is 0.415. The lowest BCUT2D eigenvalue weighted by Gasteiger charge is -2.13. The average molecular weight is 332 g/mol. The van der Waals surface area contributed by atoms with Gasteiger partial charge in [0.25, 0.3) is 0 Å². The van der Waals surface area contributed by atoms with Gasteiger partial charge in [-0.15, -0.1) is 0 Å². The van der Waals surface area contributed by atoms with Crippen molar-refractivity contribution in [2.45, 2.75) is 0 Å². The van der Waals surface area contributed by atoms with E-state index in [4.69, 9.17) is 16.3 Å². The van der Waals surface area contributed by atoms with E-state index in [1.54, 1.807) is 32.4 Å². The van der Waals surface area contributed by atoms with Crippen LogP contribution in [0.15, 0.2) is 48.7 Å². The minimum Gasteiger partial charge on any atom is -0.496 e. The van der Waals surface area contributed by atoms with Gasteiger partial charge in [-0.05, 0) is 42.5 Å². The minimum absolute atomic E-state index is 0.376. The van der Waals surface area contributed by atoms with E-state index >= 15 is 0 Å². The highest BCUT2D eigenvalue weighted by Gasteiger charge is 2.16. The standard InChI is InChI=1S/C17H15ClFN3O/c1-22-17(15(19)10-20-22)14-9-13(7-8-16(14)23-2)21-12-5-3-11(18)4-6-12/h3-10,21H,1-2H3. The highest BCUT2D eigenvalue weighted by molar-refractivity contribution is 6.30. The fourth-order valence-electron chi connectivity index (χ4n) is 2.38. The molecule has 0 atom stereocenters. The Balaban J connectivity index is 2.01. The number of aryl methyl sites for hydroxylation is 1. The Morgan fingerprint density at radius 3 is 2.43 bits per heavy atom. The molecule has 0 aliphatic heterocycles. The van der Waals surface area contributed by atoms with Crippen molar-refractivity contribution in [1.82, 2.24) is 9.78 Å². The zero-order valence-electron chi connectivity index (χ0n) is 12.7. The number of hydrogen-bond donors (Lipinski definition) is 1. The smallest absolute Gasteiger partial charge is 0.169 e. The zero-order chi connectivity index (χ0) is 16.4. The van der Waals surface area contributed by atoms with E-state index in [2.05, 4.69) is 10.4 Å². The SMILES string of the molecule is COc1ccc(Nc2ccc(Cl)cc2)cc1-c1c(F)cnn1C. The summed E-state index contributed by atoms with van der Waals surface area (Å²) in [5.41, 5.74) is 2.70. The molecule has 4 nitrogen and oxygen atoms in total. The van der Waals surface area contributed by atoms with Gasteiger partial charge in [0.05, 0.1) is 13.3 Å². The number of halogens is 2. The van der Waals surface area contributed by atoms with E-state index in [9.17, 15) is 4.39 Å². The van der Waals surface area contributed by atoms with Crippen molar-refractivity contribution in [2.24, 2.45) is 7.05 Å². The summed E-state index contributed by atoms with van der Waals surface area (Å²) in [4.78, 5) is 0. The summed E-state index contributed by atoms with van der Waals surface area (Å²) < 4.78 is 20.9. The maximum Gasteiger partial charge on any atom is 0.169 e. The Morgan fingerprint density at radius 2 is 1.83 bits per heavy atom. The van der Waals surface area contributed by atoms with Gasteiger partial charge < -0.3 is 10.1 Å². The number of nitrogens with one attached hydrogen (secondary N) is 1. The lowest BCUT2D eigenvalue weighted by atomic mass is 10.1. The molecule has 6 heteroatoms. The molecule has 0 aliphatic carbocycles. The molecule has 1 aromatic heterocycles. The maximum absolute atomic E-state index is 14.0. The van der Waals surface area contributed by atoms with Gasteiger partial charge >= 0.3 is 0 Å². The van der Waals surface area contributed by atoms with Crippen molar-refractivity contribution < 1.29 is 9.13 Å². The summed E-state index contributed by atoms with van der Waals surface area (Å²) in [5, 5.41) is 7.87. The Bertz CT molecular complexity index is 811. The van der Waals surface area contributed by atoms with Crippen LogP contribution in [0.25, 0.3) is 11.3 Å². The highest BCUT2D eigenvalue weighted by Crippen LogP contribution is 2.34. The van der Waals surface area contributed by atoms with Gasteiger partial charge in [-0.1, -0.05) is 11.6 Å². The van der Waals surface area contributed by atoms with Crippen molar-refractivity contribution in [2.75, 3.05) is 12.4 Å². The molecule has 118 valence electrons. The van der Waals surface area contributed by atoms with Crippen LogP contribution in [0.3, 0.4) is 0 Å². The molecule has 0 unspecified atom stereocenters. The fourth-order valence-corrected chi connectivity index (χ4v) is 2.51. The third-order valence-electron chi connectivity index (χ3n) is 3.48. The topological polar surface area (TPSA) is 39.1 Å². The summed E-state index contributed by atoms with van der Waals surface area (Å²) in [6.45, 7) is 0. The first-order chi connectivity index (χ1) is 11.1. The highest BCUT2D eigenvalue weighted by atomic mass is 35.5. The van der Waals surface area contributed by atoms with Crippen LogP contribution >= 0.6 is 11.6 Å². The van der Waals surface area contributed by atoms with E-state index in [-0.39, 0.29) is 0 Å². The summed E-state index contributed by atoms with van der Waals surface area (Å²) in [6, 6.07) is 12.8. The monoisotopic (exact) mass is 331 g/mol. The van der Waals surface area contributed by atoms with Crippen LogP contribution in [0, 0.1) is 5.82 Å². The van der Waals surface area contributed by atoms with Crippen LogP contribution in [-0.4, -0.2) is 16.9 Å². The second-order valence-corrected chi connectivity index (χ2v) is 5.45. The molecule has 1 heterocycles. The van der Waals surface area contributed by atoms with Gasteiger partial charge in [-0.25, -0.2) is 4.39 Å². The van der Waals surface area contributed by atoms with Crippen LogP contribution in [0.5, 0.6) is 5.75 Å². The van der Waals surface area contributed by atoms with Crippen molar-refractivity contribution in [1.29, 1.82) is 0 Å². The number of anilines is 2. The predicted molar refractivity (Wildman–Crippen MR) is 89.9 cm³/mol. The Hall–Kier alpha value is -2.53. The van der Waals surface area contributed by atoms with E-state index in [0.717, 1.165) is 11.4 Å². The van der Waals surface area contributed by atoms with E-state index < -0.39 is 5.82 Å². The molecule has 0 saturated carbocycles. The summed E-state index contributed by atoms with van der Waals surface area (Å²) in [5.74, 6) is 0.184. The average Bonchev–Trinajstić information content (AvgIpc) is 2.88. The first-order valence-corrected chi connectivity index (χ1v) is 7.35.